The molecule has 5 nitrogen and oxygen atoms in total. The Hall–Kier alpha value is -1.70. The number of amides is 2. The third-order valence-corrected chi connectivity index (χ3v) is 1.89. The zero-order valence-electron chi connectivity index (χ0n) is 9.15. The predicted molar refractivity (Wildman–Crippen MR) is 56.3 cm³/mol. The lowest BCUT2D eigenvalue weighted by atomic mass is 10.1. The molecule has 0 saturated carbocycles. The van der Waals surface area contributed by atoms with Crippen molar-refractivity contribution < 1.29 is 14.7 Å². The highest BCUT2D eigenvalue weighted by Gasteiger charge is 2.24. The minimum absolute atomic E-state index is 0.149. The normalized spacial score (nSPS) is 11.7. The third kappa shape index (κ3) is 4.36. The molecule has 0 aliphatic carbocycles. The van der Waals surface area contributed by atoms with Crippen LogP contribution in [0.1, 0.15) is 13.8 Å². The maximum Gasteiger partial charge on any atom is 0.326 e. The first-order valence-electron chi connectivity index (χ1n) is 4.58. The summed E-state index contributed by atoms with van der Waals surface area (Å²) in [5.74, 6) is 1.07. The van der Waals surface area contributed by atoms with E-state index in [-0.39, 0.29) is 12.5 Å². The van der Waals surface area contributed by atoms with Gasteiger partial charge in [0, 0.05) is 7.05 Å². The van der Waals surface area contributed by atoms with E-state index >= 15 is 0 Å². The molecule has 1 atom stereocenters. The number of terminal acetylenes is 1. The Bertz CT molecular complexity index is 281. The molecule has 0 spiro atoms. The number of carbonyl (C=O) groups is 2. The summed E-state index contributed by atoms with van der Waals surface area (Å²) in [5.41, 5.74) is 0. The Kier molecular flexibility index (Phi) is 5.24. The van der Waals surface area contributed by atoms with E-state index in [2.05, 4.69) is 11.2 Å². The van der Waals surface area contributed by atoms with Crippen LogP contribution in [0.15, 0.2) is 0 Å². The smallest absolute Gasteiger partial charge is 0.326 e. The lowest BCUT2D eigenvalue weighted by molar-refractivity contribution is -0.140. The second-order valence-corrected chi connectivity index (χ2v) is 3.57. The fourth-order valence-electron chi connectivity index (χ4n) is 0.966. The van der Waals surface area contributed by atoms with Crippen LogP contribution >= 0.6 is 0 Å². The SMILES string of the molecule is C#CCN(C)C(=O)N[C@H](C(=O)O)C(C)C. The molecule has 0 aromatic carbocycles. The zero-order valence-corrected chi connectivity index (χ0v) is 9.15. The first kappa shape index (κ1) is 13.3. The van der Waals surface area contributed by atoms with E-state index in [4.69, 9.17) is 11.5 Å². The molecule has 0 rings (SSSR count). The highest BCUT2D eigenvalue weighted by atomic mass is 16.4. The van der Waals surface area contributed by atoms with Crippen LogP contribution in [0.4, 0.5) is 4.79 Å². The summed E-state index contributed by atoms with van der Waals surface area (Å²) in [6.45, 7) is 3.59. The molecule has 0 bridgehead atoms. The first-order valence-corrected chi connectivity index (χ1v) is 4.58. The van der Waals surface area contributed by atoms with Crippen molar-refractivity contribution >= 4 is 12.0 Å². The molecule has 0 heterocycles. The van der Waals surface area contributed by atoms with Crippen molar-refractivity contribution in [2.45, 2.75) is 19.9 Å². The molecule has 0 unspecified atom stereocenters. The van der Waals surface area contributed by atoms with E-state index in [1.165, 1.54) is 11.9 Å². The molecule has 0 aromatic rings. The van der Waals surface area contributed by atoms with Gasteiger partial charge in [-0.05, 0) is 5.92 Å². The van der Waals surface area contributed by atoms with Gasteiger partial charge in [0.2, 0.25) is 0 Å². The first-order chi connectivity index (χ1) is 6.90. The average molecular weight is 212 g/mol. The van der Waals surface area contributed by atoms with Crippen molar-refractivity contribution in [2.24, 2.45) is 5.92 Å². The predicted octanol–water partition coefficient (Wildman–Crippen LogP) is 0.370. The number of carboxylic acid groups (broad SMARTS) is 1. The van der Waals surface area contributed by atoms with Crippen molar-refractivity contribution in [1.82, 2.24) is 10.2 Å². The minimum Gasteiger partial charge on any atom is -0.480 e. The molecule has 5 heteroatoms. The fraction of sp³-hybridized carbons (Fsp3) is 0.600. The monoisotopic (exact) mass is 212 g/mol. The number of hydrogen-bond donors (Lipinski definition) is 2. The number of urea groups is 1. The van der Waals surface area contributed by atoms with Crippen LogP contribution in [-0.2, 0) is 4.79 Å². The van der Waals surface area contributed by atoms with Crippen LogP contribution in [0.2, 0.25) is 0 Å². The van der Waals surface area contributed by atoms with Gasteiger partial charge in [-0.25, -0.2) is 9.59 Å². The molecule has 0 aliphatic rings. The van der Waals surface area contributed by atoms with E-state index < -0.39 is 18.0 Å². The van der Waals surface area contributed by atoms with Crippen molar-refractivity contribution in [2.75, 3.05) is 13.6 Å². The molecule has 0 fully saturated rings. The van der Waals surface area contributed by atoms with Gasteiger partial charge in [0.1, 0.15) is 6.04 Å². The van der Waals surface area contributed by atoms with Crippen LogP contribution in [0, 0.1) is 18.3 Å². The van der Waals surface area contributed by atoms with E-state index in [0.717, 1.165) is 0 Å². The number of carbonyl (C=O) groups excluding carboxylic acids is 1. The van der Waals surface area contributed by atoms with Crippen LogP contribution in [0.3, 0.4) is 0 Å². The molecular formula is C10H16N2O3. The van der Waals surface area contributed by atoms with Crippen molar-refractivity contribution in [3.8, 4) is 12.3 Å². The highest BCUT2D eigenvalue weighted by Crippen LogP contribution is 2.02. The Morgan fingerprint density at radius 3 is 2.40 bits per heavy atom. The van der Waals surface area contributed by atoms with Crippen LogP contribution < -0.4 is 5.32 Å². The molecular weight excluding hydrogens is 196 g/mol. The molecule has 0 radical (unpaired) electrons. The third-order valence-electron chi connectivity index (χ3n) is 1.89. The van der Waals surface area contributed by atoms with Gasteiger partial charge in [0.25, 0.3) is 0 Å². The van der Waals surface area contributed by atoms with Crippen molar-refractivity contribution in [3.05, 3.63) is 0 Å². The van der Waals surface area contributed by atoms with E-state index in [1.54, 1.807) is 13.8 Å². The van der Waals surface area contributed by atoms with Crippen molar-refractivity contribution in [1.29, 1.82) is 0 Å². The molecule has 0 saturated heterocycles. The Balaban J connectivity index is 4.37. The summed E-state index contributed by atoms with van der Waals surface area (Å²) < 4.78 is 0. The van der Waals surface area contributed by atoms with Crippen LogP contribution in [0.25, 0.3) is 0 Å². The molecule has 0 aliphatic heterocycles. The molecule has 0 aromatic heterocycles. The van der Waals surface area contributed by atoms with Gasteiger partial charge in [0.15, 0.2) is 0 Å². The van der Waals surface area contributed by atoms with E-state index in [9.17, 15) is 9.59 Å². The number of nitrogens with zero attached hydrogens (tertiary/aromatic N) is 1. The summed E-state index contributed by atoms with van der Waals surface area (Å²) in [7, 11) is 1.51. The van der Waals surface area contributed by atoms with E-state index in [0.29, 0.717) is 0 Å². The Labute approximate surface area is 89.4 Å². The minimum atomic E-state index is -1.05. The molecule has 15 heavy (non-hydrogen) atoms. The van der Waals surface area contributed by atoms with Gasteiger partial charge in [-0.2, -0.15) is 0 Å². The fourth-order valence-corrected chi connectivity index (χ4v) is 0.966. The summed E-state index contributed by atoms with van der Waals surface area (Å²) in [5, 5.41) is 11.2. The summed E-state index contributed by atoms with van der Waals surface area (Å²) in [6.07, 6.45) is 5.03. The standard InChI is InChI=1S/C10H16N2O3/c1-5-6-12(4)10(15)11-8(7(2)3)9(13)14/h1,7-8H,6H2,2-4H3,(H,11,15)(H,13,14)/t8-/m0/s1. The molecule has 84 valence electrons. The lowest BCUT2D eigenvalue weighted by Gasteiger charge is -2.21. The van der Waals surface area contributed by atoms with Gasteiger partial charge < -0.3 is 15.3 Å². The number of carboxylic acids is 1. The topological polar surface area (TPSA) is 69.6 Å². The number of aliphatic carboxylic acids is 1. The highest BCUT2D eigenvalue weighted by molar-refractivity contribution is 5.82. The second-order valence-electron chi connectivity index (χ2n) is 3.57. The Morgan fingerprint density at radius 2 is 2.07 bits per heavy atom. The quantitative estimate of drug-likeness (QED) is 0.661. The van der Waals surface area contributed by atoms with Crippen molar-refractivity contribution in [3.63, 3.8) is 0 Å². The van der Waals surface area contributed by atoms with Gasteiger partial charge in [-0.3, -0.25) is 0 Å². The number of nitrogens with one attached hydrogen (secondary N) is 1. The zero-order chi connectivity index (χ0) is 12.0. The second kappa shape index (κ2) is 5.91. The van der Waals surface area contributed by atoms with Crippen LogP contribution in [0.5, 0.6) is 0 Å². The van der Waals surface area contributed by atoms with E-state index in [1.807, 2.05) is 0 Å². The maximum atomic E-state index is 11.4. The van der Waals surface area contributed by atoms with Gasteiger partial charge in [0.05, 0.1) is 6.54 Å². The van der Waals surface area contributed by atoms with Gasteiger partial charge >= 0.3 is 12.0 Å². The largest absolute Gasteiger partial charge is 0.480 e. The lowest BCUT2D eigenvalue weighted by Crippen LogP contribution is -2.49. The summed E-state index contributed by atoms with van der Waals surface area (Å²) >= 11 is 0. The average Bonchev–Trinajstić information content (AvgIpc) is 2.12. The number of hydrogen-bond acceptors (Lipinski definition) is 2. The van der Waals surface area contributed by atoms with Crippen LogP contribution in [-0.4, -0.2) is 41.6 Å². The summed E-state index contributed by atoms with van der Waals surface area (Å²) in [4.78, 5) is 23.4. The molecule has 2 amide bonds. The summed E-state index contributed by atoms with van der Waals surface area (Å²) in [6, 6.07) is -1.37. The number of rotatable bonds is 4. The maximum absolute atomic E-state index is 11.4. The molecule has 2 N–H and O–H groups in total. The van der Waals surface area contributed by atoms with Gasteiger partial charge in [-0.15, -0.1) is 6.42 Å². The Morgan fingerprint density at radius 1 is 1.53 bits per heavy atom. The van der Waals surface area contributed by atoms with Gasteiger partial charge in [-0.1, -0.05) is 19.8 Å².